The third-order valence-electron chi connectivity index (χ3n) is 6.72. The van der Waals surface area contributed by atoms with Crippen molar-refractivity contribution in [2.24, 2.45) is 4.99 Å². The van der Waals surface area contributed by atoms with Crippen molar-refractivity contribution in [2.45, 2.75) is 39.8 Å². The highest BCUT2D eigenvalue weighted by molar-refractivity contribution is 9.10. The van der Waals surface area contributed by atoms with Crippen LogP contribution in [0.1, 0.15) is 54.1 Å². The quantitative estimate of drug-likeness (QED) is 0.272. The predicted molar refractivity (Wildman–Crippen MR) is 162 cm³/mol. The van der Waals surface area contributed by atoms with E-state index in [9.17, 15) is 19.5 Å². The normalized spacial score (nSPS) is 15.0. The molecule has 1 aliphatic heterocycles. The summed E-state index contributed by atoms with van der Waals surface area (Å²) in [6.45, 7) is 7.10. The Bertz CT molecular complexity index is 1950. The van der Waals surface area contributed by atoms with Gasteiger partial charge in [0.25, 0.3) is 5.56 Å². The molecule has 4 aromatic rings. The highest BCUT2D eigenvalue weighted by atomic mass is 79.9. The highest BCUT2D eigenvalue weighted by Gasteiger charge is 2.35. The summed E-state index contributed by atoms with van der Waals surface area (Å²) in [6, 6.07) is 12.8. The van der Waals surface area contributed by atoms with Gasteiger partial charge in [0.05, 0.1) is 34.6 Å². The van der Waals surface area contributed by atoms with Gasteiger partial charge in [0, 0.05) is 21.7 Å². The van der Waals surface area contributed by atoms with E-state index in [1.807, 2.05) is 19.1 Å². The Hall–Kier alpha value is -4.22. The molecule has 216 valence electrons. The van der Waals surface area contributed by atoms with Crippen LogP contribution in [-0.2, 0) is 9.53 Å². The Morgan fingerprint density at radius 3 is 2.60 bits per heavy atom. The number of esters is 1. The van der Waals surface area contributed by atoms with E-state index < -0.39 is 18.0 Å². The molecular formula is C31H27BrN2O7S. The zero-order valence-electron chi connectivity index (χ0n) is 23.4. The number of nitrogens with zero attached hydrogens (tertiary/aromatic N) is 2. The molecule has 42 heavy (non-hydrogen) atoms. The second-order valence-corrected chi connectivity index (χ2v) is 11.9. The minimum Gasteiger partial charge on any atom is -0.496 e. The maximum atomic E-state index is 14.0. The number of thiazole rings is 1. The molecule has 11 heteroatoms. The number of rotatable bonds is 7. The number of hydrogen-bond acceptors (Lipinski definition) is 8. The third-order valence-corrected chi connectivity index (χ3v) is 8.20. The number of ether oxygens (including phenoxy) is 2. The summed E-state index contributed by atoms with van der Waals surface area (Å²) in [5.41, 5.74) is 2.55. The molecule has 0 amide bonds. The summed E-state index contributed by atoms with van der Waals surface area (Å²) in [7, 11) is 1.53. The maximum absolute atomic E-state index is 14.0. The van der Waals surface area contributed by atoms with E-state index in [1.165, 1.54) is 29.1 Å². The summed E-state index contributed by atoms with van der Waals surface area (Å²) in [5, 5.41) is 9.40. The summed E-state index contributed by atoms with van der Waals surface area (Å²) in [5.74, 6) is -0.227. The number of fused-ring (bicyclic) bond motifs is 1. The van der Waals surface area contributed by atoms with E-state index in [-0.39, 0.29) is 22.8 Å². The Kier molecular flexibility index (Phi) is 8.07. The number of carbonyl (C=O) groups excluding carboxylic acids is 1. The lowest BCUT2D eigenvalue weighted by Crippen LogP contribution is -2.40. The summed E-state index contributed by atoms with van der Waals surface area (Å²) < 4.78 is 19.8. The van der Waals surface area contributed by atoms with E-state index in [4.69, 9.17) is 13.9 Å². The van der Waals surface area contributed by atoms with E-state index >= 15 is 0 Å². The Morgan fingerprint density at radius 1 is 1.14 bits per heavy atom. The minimum absolute atomic E-state index is 0.145. The third kappa shape index (κ3) is 5.49. The molecule has 0 aliphatic carbocycles. The molecular weight excluding hydrogens is 624 g/mol. The maximum Gasteiger partial charge on any atom is 0.338 e. The van der Waals surface area contributed by atoms with Gasteiger partial charge in [-0.2, -0.15) is 0 Å². The molecule has 0 fully saturated rings. The number of carboxylic acid groups (broad SMARTS) is 1. The molecule has 9 nitrogen and oxygen atoms in total. The van der Waals surface area contributed by atoms with Crippen molar-refractivity contribution in [3.05, 3.63) is 106 Å². The zero-order chi connectivity index (χ0) is 30.3. The Balaban J connectivity index is 1.67. The fourth-order valence-corrected chi connectivity index (χ4v) is 6.20. The molecule has 1 aliphatic rings. The van der Waals surface area contributed by atoms with Crippen molar-refractivity contribution >= 4 is 45.3 Å². The molecule has 5 rings (SSSR count). The lowest BCUT2D eigenvalue weighted by molar-refractivity contribution is -0.143. The SMILES string of the molecule is COc1ccc(Br)cc1[C@@H]1C(C(=O)OC(C)C)=C(C)N=c2s/c(=C\c3ccc(-c4cc(C(=O)O)ccc4C)o3)c(=O)n21. The fraction of sp³-hybridized carbons (Fsp3) is 0.226. The van der Waals surface area contributed by atoms with Crippen molar-refractivity contribution in [2.75, 3.05) is 7.11 Å². The molecule has 1 atom stereocenters. The molecule has 2 aromatic heterocycles. The lowest BCUT2D eigenvalue weighted by Gasteiger charge is -2.26. The smallest absolute Gasteiger partial charge is 0.338 e. The van der Waals surface area contributed by atoms with Crippen LogP contribution in [0.4, 0.5) is 0 Å². The zero-order valence-corrected chi connectivity index (χ0v) is 25.8. The molecule has 2 aromatic carbocycles. The van der Waals surface area contributed by atoms with Gasteiger partial charge in [-0.25, -0.2) is 14.6 Å². The molecule has 0 unspecified atom stereocenters. The largest absolute Gasteiger partial charge is 0.496 e. The average molecular weight is 652 g/mol. The van der Waals surface area contributed by atoms with Crippen molar-refractivity contribution in [3.63, 3.8) is 0 Å². The van der Waals surface area contributed by atoms with Crippen LogP contribution in [0.25, 0.3) is 17.4 Å². The number of aromatic carboxylic acids is 1. The number of furan rings is 1. The average Bonchev–Trinajstić information content (AvgIpc) is 3.51. The molecule has 0 radical (unpaired) electrons. The van der Waals surface area contributed by atoms with Gasteiger partial charge in [0.1, 0.15) is 23.3 Å². The summed E-state index contributed by atoms with van der Waals surface area (Å²) in [4.78, 5) is 43.9. The first-order valence-electron chi connectivity index (χ1n) is 13.0. The molecule has 0 bridgehead atoms. The van der Waals surface area contributed by atoms with Gasteiger partial charge in [-0.3, -0.25) is 9.36 Å². The molecule has 1 N–H and O–H groups in total. The monoisotopic (exact) mass is 650 g/mol. The van der Waals surface area contributed by atoms with Crippen LogP contribution in [0, 0.1) is 6.92 Å². The first kappa shape index (κ1) is 29.3. The number of methoxy groups -OCH3 is 1. The Labute approximate surface area is 253 Å². The highest BCUT2D eigenvalue weighted by Crippen LogP contribution is 2.37. The number of carbonyl (C=O) groups is 2. The number of hydrogen-bond donors (Lipinski definition) is 1. The van der Waals surface area contributed by atoms with Crippen LogP contribution in [0.15, 0.2) is 78.5 Å². The second kappa shape index (κ2) is 11.6. The number of benzene rings is 2. The molecule has 0 saturated carbocycles. The standard InChI is InChI=1S/C31H27BrN2O7S/c1-15(2)40-30(38)26-17(4)33-31-34(27(26)22-13-19(32)8-10-23(22)39-5)28(35)25(42-31)14-20-9-11-24(41-20)21-12-18(29(36)37)7-6-16(21)3/h6-15,27H,1-5H3,(H,36,37)/b25-14-/t27-/m1/s1. The van der Waals surface area contributed by atoms with Gasteiger partial charge in [-0.05, 0) is 75.7 Å². The second-order valence-electron chi connectivity index (χ2n) is 9.96. The number of carboxylic acids is 1. The van der Waals surface area contributed by atoms with Crippen LogP contribution in [0.3, 0.4) is 0 Å². The van der Waals surface area contributed by atoms with Crippen molar-refractivity contribution in [1.82, 2.24) is 4.57 Å². The summed E-state index contributed by atoms with van der Waals surface area (Å²) >= 11 is 4.67. The van der Waals surface area contributed by atoms with Crippen molar-refractivity contribution in [1.29, 1.82) is 0 Å². The van der Waals surface area contributed by atoms with Gasteiger partial charge in [0.15, 0.2) is 4.80 Å². The van der Waals surface area contributed by atoms with Gasteiger partial charge in [0.2, 0.25) is 0 Å². The molecule has 3 heterocycles. The van der Waals surface area contributed by atoms with Gasteiger partial charge in [-0.1, -0.05) is 33.3 Å². The minimum atomic E-state index is -1.03. The van der Waals surface area contributed by atoms with Crippen molar-refractivity contribution in [3.8, 4) is 17.1 Å². The van der Waals surface area contributed by atoms with Crippen LogP contribution < -0.4 is 19.6 Å². The summed E-state index contributed by atoms with van der Waals surface area (Å²) in [6.07, 6.45) is 1.24. The van der Waals surface area contributed by atoms with Crippen LogP contribution in [0.5, 0.6) is 5.75 Å². The van der Waals surface area contributed by atoms with Gasteiger partial charge < -0.3 is 19.0 Å². The van der Waals surface area contributed by atoms with E-state index in [0.29, 0.717) is 43.4 Å². The molecule has 0 spiro atoms. The van der Waals surface area contributed by atoms with Crippen LogP contribution >= 0.6 is 27.3 Å². The number of aryl methyl sites for hydroxylation is 1. The first-order valence-corrected chi connectivity index (χ1v) is 14.6. The van der Waals surface area contributed by atoms with Gasteiger partial charge in [-0.15, -0.1) is 0 Å². The Morgan fingerprint density at radius 2 is 1.90 bits per heavy atom. The van der Waals surface area contributed by atoms with Gasteiger partial charge >= 0.3 is 11.9 Å². The van der Waals surface area contributed by atoms with E-state index in [0.717, 1.165) is 10.0 Å². The first-order chi connectivity index (χ1) is 20.0. The molecule has 0 saturated heterocycles. The van der Waals surface area contributed by atoms with E-state index in [1.54, 1.807) is 57.2 Å². The van der Waals surface area contributed by atoms with Crippen LogP contribution in [-0.4, -0.2) is 34.8 Å². The number of aromatic nitrogens is 1. The van der Waals surface area contributed by atoms with Crippen LogP contribution in [0.2, 0.25) is 0 Å². The van der Waals surface area contributed by atoms with E-state index in [2.05, 4.69) is 20.9 Å². The van der Waals surface area contributed by atoms with Crippen molar-refractivity contribution < 1.29 is 28.6 Å². The lowest BCUT2D eigenvalue weighted by atomic mass is 9.95. The number of allylic oxidation sites excluding steroid dienone is 1. The fourth-order valence-electron chi connectivity index (χ4n) is 4.80. The predicted octanol–water partition coefficient (Wildman–Crippen LogP) is 5.22. The topological polar surface area (TPSA) is 120 Å². The number of halogens is 1.